The van der Waals surface area contributed by atoms with Crippen LogP contribution in [0.15, 0.2) is 0 Å². The van der Waals surface area contributed by atoms with Crippen molar-refractivity contribution in [2.75, 3.05) is 18.1 Å². The summed E-state index contributed by atoms with van der Waals surface area (Å²) in [5, 5.41) is 9.92. The third-order valence-electron chi connectivity index (χ3n) is 3.41. The van der Waals surface area contributed by atoms with Gasteiger partial charge in [-0.1, -0.05) is 0 Å². The second-order valence-electron chi connectivity index (χ2n) is 5.08. The molecule has 112 valence electrons. The number of aryl methyl sites for hydroxylation is 2. The first-order valence-corrected chi connectivity index (χ1v) is 9.00. The number of hydrogen-bond acceptors (Lipinski definition) is 6. The van der Waals surface area contributed by atoms with Crippen molar-refractivity contribution in [3.8, 4) is 0 Å². The molecule has 0 saturated carbocycles. The van der Waals surface area contributed by atoms with E-state index in [-0.39, 0.29) is 17.9 Å². The molecule has 0 amide bonds. The standard InChI is InChI=1S/C12H18N2O4S2/c1-8-11(19-9(2)13-8)6-14-3-4-20(17,18)7-10(14)5-12(15)16/h10H,3-7H2,1-2H3,(H,15,16). The number of carboxylic acid groups (broad SMARTS) is 1. The van der Waals surface area contributed by atoms with Crippen molar-refractivity contribution in [1.29, 1.82) is 0 Å². The fourth-order valence-corrected chi connectivity index (χ4v) is 4.98. The summed E-state index contributed by atoms with van der Waals surface area (Å²) >= 11 is 1.58. The maximum Gasteiger partial charge on any atom is 0.304 e. The third kappa shape index (κ3) is 3.77. The molecule has 2 heterocycles. The number of rotatable bonds is 4. The summed E-state index contributed by atoms with van der Waals surface area (Å²) in [4.78, 5) is 18.3. The molecular formula is C12H18N2O4S2. The highest BCUT2D eigenvalue weighted by Gasteiger charge is 2.33. The average molecular weight is 318 g/mol. The van der Waals surface area contributed by atoms with Gasteiger partial charge in [-0.05, 0) is 13.8 Å². The lowest BCUT2D eigenvalue weighted by Crippen LogP contribution is -2.48. The van der Waals surface area contributed by atoms with E-state index < -0.39 is 21.8 Å². The highest BCUT2D eigenvalue weighted by atomic mass is 32.2. The summed E-state index contributed by atoms with van der Waals surface area (Å²) in [7, 11) is -3.12. The number of sulfone groups is 1. The van der Waals surface area contributed by atoms with Gasteiger partial charge in [0.05, 0.1) is 28.6 Å². The minimum Gasteiger partial charge on any atom is -0.481 e. The minimum absolute atomic E-state index is 0.0733. The summed E-state index contributed by atoms with van der Waals surface area (Å²) in [6.07, 6.45) is -0.143. The van der Waals surface area contributed by atoms with E-state index in [0.29, 0.717) is 13.1 Å². The lowest BCUT2D eigenvalue weighted by Gasteiger charge is -2.34. The van der Waals surface area contributed by atoms with Crippen molar-refractivity contribution in [3.05, 3.63) is 15.6 Å². The number of thiazole rings is 1. The highest BCUT2D eigenvalue weighted by molar-refractivity contribution is 7.91. The predicted octanol–water partition coefficient (Wildman–Crippen LogP) is 0.834. The van der Waals surface area contributed by atoms with Gasteiger partial charge in [-0.3, -0.25) is 9.69 Å². The summed E-state index contributed by atoms with van der Waals surface area (Å²) in [6, 6.07) is -0.451. The normalized spacial score (nSPS) is 22.8. The Labute approximate surface area is 122 Å². The van der Waals surface area contributed by atoms with Gasteiger partial charge in [0, 0.05) is 24.0 Å². The van der Waals surface area contributed by atoms with Crippen LogP contribution in [0, 0.1) is 13.8 Å². The highest BCUT2D eigenvalue weighted by Crippen LogP contribution is 2.23. The summed E-state index contributed by atoms with van der Waals surface area (Å²) in [5.41, 5.74) is 0.940. The van der Waals surface area contributed by atoms with E-state index in [1.807, 2.05) is 18.7 Å². The second kappa shape index (κ2) is 5.79. The van der Waals surface area contributed by atoms with Crippen LogP contribution in [0.4, 0.5) is 0 Å². The van der Waals surface area contributed by atoms with Crippen molar-refractivity contribution < 1.29 is 18.3 Å². The van der Waals surface area contributed by atoms with Crippen LogP contribution < -0.4 is 0 Å². The largest absolute Gasteiger partial charge is 0.481 e. The molecule has 20 heavy (non-hydrogen) atoms. The lowest BCUT2D eigenvalue weighted by atomic mass is 10.2. The first-order chi connectivity index (χ1) is 9.27. The fourth-order valence-electron chi connectivity index (χ4n) is 2.42. The number of nitrogens with zero attached hydrogens (tertiary/aromatic N) is 2. The maximum atomic E-state index is 11.7. The van der Waals surface area contributed by atoms with E-state index in [9.17, 15) is 13.2 Å². The maximum absolute atomic E-state index is 11.7. The second-order valence-corrected chi connectivity index (χ2v) is 8.59. The van der Waals surface area contributed by atoms with Gasteiger partial charge in [0.1, 0.15) is 0 Å². The Morgan fingerprint density at radius 3 is 2.75 bits per heavy atom. The summed E-state index contributed by atoms with van der Waals surface area (Å²) in [5.74, 6) is -0.940. The Morgan fingerprint density at radius 1 is 1.50 bits per heavy atom. The van der Waals surface area contributed by atoms with Crippen molar-refractivity contribution in [2.45, 2.75) is 32.9 Å². The molecule has 0 aliphatic carbocycles. The summed E-state index contributed by atoms with van der Waals surface area (Å²) < 4.78 is 23.4. The van der Waals surface area contributed by atoms with E-state index in [2.05, 4.69) is 4.98 Å². The first-order valence-electron chi connectivity index (χ1n) is 6.36. The molecule has 8 heteroatoms. The Kier molecular flexibility index (Phi) is 4.46. The molecule has 1 unspecified atom stereocenters. The van der Waals surface area contributed by atoms with E-state index >= 15 is 0 Å². The van der Waals surface area contributed by atoms with E-state index in [0.717, 1.165) is 15.6 Å². The third-order valence-corrected chi connectivity index (χ3v) is 6.16. The smallest absolute Gasteiger partial charge is 0.304 e. The zero-order valence-electron chi connectivity index (χ0n) is 11.5. The fraction of sp³-hybridized carbons (Fsp3) is 0.667. The van der Waals surface area contributed by atoms with E-state index in [1.54, 1.807) is 11.3 Å². The molecule has 0 radical (unpaired) electrons. The SMILES string of the molecule is Cc1nc(C)c(CN2CCS(=O)(=O)CC2CC(=O)O)s1. The molecule has 0 aromatic carbocycles. The molecule has 0 bridgehead atoms. The van der Waals surface area contributed by atoms with Gasteiger partial charge < -0.3 is 5.11 Å². The number of aliphatic carboxylic acids is 1. The number of hydrogen-bond donors (Lipinski definition) is 1. The average Bonchev–Trinajstić information content (AvgIpc) is 2.60. The molecule has 1 saturated heterocycles. The molecule has 6 nitrogen and oxygen atoms in total. The van der Waals surface area contributed by atoms with Gasteiger partial charge >= 0.3 is 5.97 Å². The van der Waals surface area contributed by atoms with Crippen molar-refractivity contribution >= 4 is 27.1 Å². The van der Waals surface area contributed by atoms with Crippen LogP contribution in [0.25, 0.3) is 0 Å². The molecule has 1 atom stereocenters. The monoisotopic (exact) mass is 318 g/mol. The molecule has 1 aromatic rings. The van der Waals surface area contributed by atoms with Gasteiger partial charge in [-0.15, -0.1) is 11.3 Å². The Hall–Kier alpha value is -0.990. The molecule has 1 aromatic heterocycles. The van der Waals surface area contributed by atoms with Gasteiger partial charge in [0.15, 0.2) is 9.84 Å². The van der Waals surface area contributed by atoms with E-state index in [1.165, 1.54) is 0 Å². The molecule has 1 aliphatic heterocycles. The number of aromatic nitrogens is 1. The predicted molar refractivity (Wildman–Crippen MR) is 76.7 cm³/mol. The number of carboxylic acids is 1. The van der Waals surface area contributed by atoms with E-state index in [4.69, 9.17) is 5.11 Å². The van der Waals surface area contributed by atoms with Crippen LogP contribution in [-0.2, 0) is 21.2 Å². The van der Waals surface area contributed by atoms with Crippen molar-refractivity contribution in [1.82, 2.24) is 9.88 Å². The van der Waals surface area contributed by atoms with Crippen LogP contribution in [0.2, 0.25) is 0 Å². The topological polar surface area (TPSA) is 87.6 Å². The zero-order chi connectivity index (χ0) is 14.9. The van der Waals surface area contributed by atoms with Gasteiger partial charge in [-0.25, -0.2) is 13.4 Å². The molecule has 2 rings (SSSR count). The first kappa shape index (κ1) is 15.4. The molecular weight excluding hydrogens is 300 g/mol. The van der Waals surface area contributed by atoms with Gasteiger partial charge in [-0.2, -0.15) is 0 Å². The molecule has 1 N–H and O–H groups in total. The lowest BCUT2D eigenvalue weighted by molar-refractivity contribution is -0.138. The quantitative estimate of drug-likeness (QED) is 0.885. The minimum atomic E-state index is -3.12. The Balaban J connectivity index is 2.15. The Morgan fingerprint density at radius 2 is 2.20 bits per heavy atom. The van der Waals surface area contributed by atoms with Crippen LogP contribution in [0.1, 0.15) is 22.0 Å². The van der Waals surface area contributed by atoms with Crippen molar-refractivity contribution in [2.24, 2.45) is 0 Å². The zero-order valence-corrected chi connectivity index (χ0v) is 13.1. The molecule has 1 aliphatic rings. The van der Waals surface area contributed by atoms with Crippen LogP contribution in [-0.4, -0.2) is 53.5 Å². The number of carbonyl (C=O) groups is 1. The van der Waals surface area contributed by atoms with Crippen LogP contribution in [0.5, 0.6) is 0 Å². The summed E-state index contributed by atoms with van der Waals surface area (Å²) in [6.45, 7) is 4.81. The molecule has 1 fully saturated rings. The molecule has 0 spiro atoms. The van der Waals surface area contributed by atoms with Crippen LogP contribution in [0.3, 0.4) is 0 Å². The Bertz CT molecular complexity index is 609. The van der Waals surface area contributed by atoms with Gasteiger partial charge in [0.2, 0.25) is 0 Å². The van der Waals surface area contributed by atoms with Gasteiger partial charge in [0.25, 0.3) is 0 Å². The van der Waals surface area contributed by atoms with Crippen molar-refractivity contribution in [3.63, 3.8) is 0 Å². The van der Waals surface area contributed by atoms with Crippen LogP contribution >= 0.6 is 11.3 Å².